The maximum absolute atomic E-state index is 13.7. The Bertz CT molecular complexity index is 1280. The van der Waals surface area contributed by atoms with Crippen molar-refractivity contribution in [1.82, 2.24) is 4.57 Å². The molecule has 0 amide bonds. The van der Waals surface area contributed by atoms with Gasteiger partial charge in [-0.25, -0.2) is 9.18 Å². The molecule has 33 heavy (non-hydrogen) atoms. The van der Waals surface area contributed by atoms with Gasteiger partial charge in [0.25, 0.3) is 5.56 Å². The molecular weight excluding hydrogens is 485 g/mol. The van der Waals surface area contributed by atoms with Gasteiger partial charge >= 0.3 is 12.1 Å². The largest absolute Gasteiger partial charge is 0.478 e. The van der Waals surface area contributed by atoms with Crippen LogP contribution >= 0.6 is 23.2 Å². The predicted molar refractivity (Wildman–Crippen MR) is 118 cm³/mol. The second-order valence-electron chi connectivity index (χ2n) is 7.04. The minimum absolute atomic E-state index is 0.0726. The molecule has 0 saturated heterocycles. The number of pyridine rings is 1. The van der Waals surface area contributed by atoms with Gasteiger partial charge in [0.05, 0.1) is 21.8 Å². The van der Waals surface area contributed by atoms with Crippen molar-refractivity contribution in [2.45, 2.75) is 19.1 Å². The Kier molecular flexibility index (Phi) is 7.29. The van der Waals surface area contributed by atoms with Gasteiger partial charge in [-0.2, -0.15) is 13.2 Å². The third kappa shape index (κ3) is 6.03. The average Bonchev–Trinajstić information content (AvgIpc) is 2.73. The quantitative estimate of drug-likeness (QED) is 0.398. The molecule has 0 fully saturated rings. The number of carbonyl (C=O) groups is 1. The summed E-state index contributed by atoms with van der Waals surface area (Å²) in [6, 6.07) is 9.35. The molecule has 0 bridgehead atoms. The average molecular weight is 500 g/mol. The fraction of sp³-hybridized carbons (Fsp3) is 0.130. The van der Waals surface area contributed by atoms with Crippen LogP contribution in [-0.4, -0.2) is 15.6 Å². The van der Waals surface area contributed by atoms with Crippen molar-refractivity contribution in [3.8, 4) is 0 Å². The molecular formula is C23H15Cl2F4NO3. The first-order valence-corrected chi connectivity index (χ1v) is 10.2. The minimum Gasteiger partial charge on any atom is -0.478 e. The third-order valence-electron chi connectivity index (χ3n) is 4.74. The SMILES string of the molecule is O=C(O)c1ccc(CCn2c(C=Cc3cc(F)cc(C(F)(F)F)c3)c(Cl)cc(Cl)c2=O)cc1. The number of aromatic carboxylic acids is 1. The molecule has 3 aromatic rings. The van der Waals surface area contributed by atoms with E-state index in [1.807, 2.05) is 0 Å². The van der Waals surface area contributed by atoms with Crippen LogP contribution in [0.4, 0.5) is 17.6 Å². The second-order valence-corrected chi connectivity index (χ2v) is 7.85. The number of benzene rings is 2. The number of alkyl halides is 3. The third-order valence-corrected chi connectivity index (χ3v) is 5.32. The Balaban J connectivity index is 1.95. The lowest BCUT2D eigenvalue weighted by molar-refractivity contribution is -0.137. The van der Waals surface area contributed by atoms with Crippen LogP contribution in [0.2, 0.25) is 10.0 Å². The minimum atomic E-state index is -4.72. The molecule has 4 nitrogen and oxygen atoms in total. The monoisotopic (exact) mass is 499 g/mol. The summed E-state index contributed by atoms with van der Waals surface area (Å²) in [6.45, 7) is 0.0994. The Morgan fingerprint density at radius 3 is 2.27 bits per heavy atom. The standard InChI is InChI=1S/C23H15Cl2F4NO3/c24-18-12-19(25)21(31)30(8-7-13-1-4-15(5-2-13)22(32)33)20(18)6-3-14-9-16(23(27,28)29)11-17(26)10-14/h1-6,9-12H,7-8H2,(H,32,33). The van der Waals surface area contributed by atoms with E-state index in [9.17, 15) is 27.2 Å². The Morgan fingerprint density at radius 1 is 1.00 bits per heavy atom. The number of aromatic nitrogens is 1. The Labute approximate surface area is 195 Å². The first-order valence-electron chi connectivity index (χ1n) is 9.42. The zero-order valence-electron chi connectivity index (χ0n) is 16.7. The molecule has 172 valence electrons. The van der Waals surface area contributed by atoms with Crippen molar-refractivity contribution in [2.75, 3.05) is 0 Å². The van der Waals surface area contributed by atoms with Gasteiger partial charge in [0.2, 0.25) is 0 Å². The zero-order chi connectivity index (χ0) is 24.3. The topological polar surface area (TPSA) is 59.3 Å². The number of carboxylic acid groups (broad SMARTS) is 1. The van der Waals surface area contributed by atoms with E-state index in [1.54, 1.807) is 12.1 Å². The molecule has 3 rings (SSSR count). The summed E-state index contributed by atoms with van der Waals surface area (Å²) in [7, 11) is 0. The molecule has 0 unspecified atom stereocenters. The maximum atomic E-state index is 13.7. The highest BCUT2D eigenvalue weighted by molar-refractivity contribution is 6.35. The van der Waals surface area contributed by atoms with Crippen LogP contribution in [-0.2, 0) is 19.1 Å². The van der Waals surface area contributed by atoms with Crippen LogP contribution in [0.3, 0.4) is 0 Å². The highest BCUT2D eigenvalue weighted by atomic mass is 35.5. The molecule has 1 heterocycles. The molecule has 0 saturated carbocycles. The van der Waals surface area contributed by atoms with Crippen LogP contribution in [0.25, 0.3) is 12.2 Å². The van der Waals surface area contributed by atoms with E-state index in [4.69, 9.17) is 28.3 Å². The van der Waals surface area contributed by atoms with Gasteiger partial charge in [-0.1, -0.05) is 41.4 Å². The first-order chi connectivity index (χ1) is 15.5. The number of hydrogen-bond acceptors (Lipinski definition) is 2. The molecule has 0 aliphatic heterocycles. The van der Waals surface area contributed by atoms with Crippen LogP contribution in [0.1, 0.15) is 32.7 Å². The summed E-state index contributed by atoms with van der Waals surface area (Å²) < 4.78 is 53.8. The van der Waals surface area contributed by atoms with Crippen molar-refractivity contribution in [2.24, 2.45) is 0 Å². The second kappa shape index (κ2) is 9.80. The van der Waals surface area contributed by atoms with E-state index in [1.165, 1.54) is 34.9 Å². The molecule has 0 atom stereocenters. The molecule has 1 N–H and O–H groups in total. The molecule has 0 aliphatic rings. The van der Waals surface area contributed by atoms with Gasteiger partial charge in [0, 0.05) is 6.54 Å². The van der Waals surface area contributed by atoms with Crippen molar-refractivity contribution in [1.29, 1.82) is 0 Å². The lowest BCUT2D eigenvalue weighted by atomic mass is 10.1. The van der Waals surface area contributed by atoms with Crippen LogP contribution < -0.4 is 5.56 Å². The van der Waals surface area contributed by atoms with Gasteiger partial charge in [-0.05, 0) is 60.0 Å². The molecule has 10 heteroatoms. The summed E-state index contributed by atoms with van der Waals surface area (Å²) in [5.74, 6) is -2.13. The van der Waals surface area contributed by atoms with Gasteiger partial charge in [0.1, 0.15) is 10.8 Å². The summed E-state index contributed by atoms with van der Waals surface area (Å²) >= 11 is 12.2. The van der Waals surface area contributed by atoms with Gasteiger partial charge in [0.15, 0.2) is 0 Å². The number of aryl methyl sites for hydroxylation is 1. The van der Waals surface area contributed by atoms with Crippen molar-refractivity contribution in [3.63, 3.8) is 0 Å². The van der Waals surface area contributed by atoms with E-state index in [0.29, 0.717) is 12.5 Å². The van der Waals surface area contributed by atoms with Crippen LogP contribution in [0, 0.1) is 5.82 Å². The summed E-state index contributed by atoms with van der Waals surface area (Å²) in [5, 5.41) is 8.91. The number of nitrogens with zero attached hydrogens (tertiary/aromatic N) is 1. The van der Waals surface area contributed by atoms with Crippen LogP contribution in [0.15, 0.2) is 53.3 Å². The van der Waals surface area contributed by atoms with E-state index >= 15 is 0 Å². The number of carboxylic acids is 1. The van der Waals surface area contributed by atoms with Crippen molar-refractivity contribution < 1.29 is 27.5 Å². The van der Waals surface area contributed by atoms with Crippen LogP contribution in [0.5, 0.6) is 0 Å². The zero-order valence-corrected chi connectivity index (χ0v) is 18.2. The smallest absolute Gasteiger partial charge is 0.416 e. The van der Waals surface area contributed by atoms with Gasteiger partial charge < -0.3 is 9.67 Å². The predicted octanol–water partition coefficient (Wildman–Crippen LogP) is 6.42. The van der Waals surface area contributed by atoms with Crippen molar-refractivity contribution in [3.05, 3.63) is 103 Å². The summed E-state index contributed by atoms with van der Waals surface area (Å²) in [4.78, 5) is 23.6. The summed E-state index contributed by atoms with van der Waals surface area (Å²) in [6.07, 6.45) is -1.88. The number of hydrogen-bond donors (Lipinski definition) is 1. The molecule has 2 aromatic carbocycles. The highest BCUT2D eigenvalue weighted by Gasteiger charge is 2.31. The van der Waals surface area contributed by atoms with Gasteiger partial charge in [-0.3, -0.25) is 4.79 Å². The fourth-order valence-corrected chi connectivity index (χ4v) is 3.65. The highest BCUT2D eigenvalue weighted by Crippen LogP contribution is 2.31. The molecule has 0 spiro atoms. The van der Waals surface area contributed by atoms with Crippen molar-refractivity contribution >= 4 is 41.3 Å². The number of rotatable bonds is 6. The Hall–Kier alpha value is -3.10. The Morgan fingerprint density at radius 2 is 1.67 bits per heavy atom. The maximum Gasteiger partial charge on any atom is 0.416 e. The lowest BCUT2D eigenvalue weighted by Gasteiger charge is -2.13. The van der Waals surface area contributed by atoms with E-state index in [-0.39, 0.29) is 33.4 Å². The molecule has 1 aromatic heterocycles. The summed E-state index contributed by atoms with van der Waals surface area (Å²) in [5.41, 5.74) is -0.774. The molecule has 0 aliphatic carbocycles. The number of halogens is 6. The fourth-order valence-electron chi connectivity index (χ4n) is 3.11. The lowest BCUT2D eigenvalue weighted by Crippen LogP contribution is -2.24. The van der Waals surface area contributed by atoms with Gasteiger partial charge in [-0.15, -0.1) is 0 Å². The van der Waals surface area contributed by atoms with E-state index in [2.05, 4.69) is 0 Å². The van der Waals surface area contributed by atoms with E-state index in [0.717, 1.165) is 17.7 Å². The normalized spacial score (nSPS) is 11.8. The first kappa shape index (κ1) is 24.5. The molecule has 0 radical (unpaired) electrons. The van der Waals surface area contributed by atoms with E-state index < -0.39 is 29.1 Å².